The maximum absolute atomic E-state index is 9.75. The lowest BCUT2D eigenvalue weighted by Gasteiger charge is -2.40. The van der Waals surface area contributed by atoms with Crippen LogP contribution in [-0.2, 0) is 0 Å². The first-order chi connectivity index (χ1) is 14.1. The Hall–Kier alpha value is -2.42. The third kappa shape index (κ3) is 4.14. The van der Waals surface area contributed by atoms with Gasteiger partial charge in [-0.25, -0.2) is 0 Å². The Balaban J connectivity index is 1.54. The molecule has 0 spiro atoms. The first kappa shape index (κ1) is 19.9. The van der Waals surface area contributed by atoms with Crippen LogP contribution < -0.4 is 14.7 Å². The van der Waals surface area contributed by atoms with E-state index in [4.69, 9.17) is 11.6 Å². The van der Waals surface area contributed by atoms with Crippen LogP contribution in [0.3, 0.4) is 0 Å². The molecule has 2 aliphatic heterocycles. The highest BCUT2D eigenvalue weighted by Gasteiger charge is 2.24. The Bertz CT molecular complexity index is 889. The lowest BCUT2D eigenvalue weighted by atomic mass is 10.0. The van der Waals surface area contributed by atoms with Crippen molar-refractivity contribution in [3.63, 3.8) is 0 Å². The van der Waals surface area contributed by atoms with E-state index in [2.05, 4.69) is 57.8 Å². The van der Waals surface area contributed by atoms with E-state index in [9.17, 15) is 5.26 Å². The van der Waals surface area contributed by atoms with Crippen molar-refractivity contribution in [2.24, 2.45) is 0 Å². The molecule has 6 heteroatoms. The lowest BCUT2D eigenvalue weighted by Crippen LogP contribution is -2.47. The minimum atomic E-state index is 0.766. The maximum Gasteiger partial charge on any atom is 0.101 e. The molecule has 152 valence electrons. The molecule has 0 amide bonds. The summed E-state index contributed by atoms with van der Waals surface area (Å²) in [6.45, 7) is 10.1. The van der Waals surface area contributed by atoms with Crippen LogP contribution >= 0.6 is 11.6 Å². The summed E-state index contributed by atoms with van der Waals surface area (Å²) in [5.74, 6) is 0. The average Bonchev–Trinajstić information content (AvgIpc) is 2.75. The molecule has 0 N–H and O–H groups in total. The Morgan fingerprint density at radius 2 is 1.38 bits per heavy atom. The summed E-state index contributed by atoms with van der Waals surface area (Å²) in [5.41, 5.74) is 5.60. The highest BCUT2D eigenvalue weighted by Crippen LogP contribution is 2.34. The summed E-state index contributed by atoms with van der Waals surface area (Å²) in [6, 6.07) is 14.6. The molecule has 2 aromatic carbocycles. The second kappa shape index (κ2) is 8.52. The van der Waals surface area contributed by atoms with Crippen molar-refractivity contribution in [1.82, 2.24) is 4.90 Å². The molecule has 0 aromatic heterocycles. The molecule has 0 atom stereocenters. The van der Waals surface area contributed by atoms with Gasteiger partial charge in [0.15, 0.2) is 0 Å². The molecule has 2 aliphatic rings. The van der Waals surface area contributed by atoms with Crippen LogP contribution in [0, 0.1) is 18.3 Å². The van der Waals surface area contributed by atoms with E-state index in [-0.39, 0.29) is 0 Å². The largest absolute Gasteiger partial charge is 0.369 e. The van der Waals surface area contributed by atoms with Crippen molar-refractivity contribution in [3.05, 3.63) is 52.5 Å². The fourth-order valence-electron chi connectivity index (χ4n) is 4.42. The maximum atomic E-state index is 9.75. The van der Waals surface area contributed by atoms with Gasteiger partial charge in [0, 0.05) is 68.8 Å². The first-order valence-electron chi connectivity index (χ1n) is 10.3. The van der Waals surface area contributed by atoms with E-state index in [1.165, 1.54) is 16.9 Å². The van der Waals surface area contributed by atoms with Crippen LogP contribution in [0.15, 0.2) is 36.4 Å². The van der Waals surface area contributed by atoms with Crippen LogP contribution in [0.4, 0.5) is 17.1 Å². The predicted molar refractivity (Wildman–Crippen MR) is 121 cm³/mol. The van der Waals surface area contributed by atoms with Crippen LogP contribution in [0.5, 0.6) is 0 Å². The van der Waals surface area contributed by atoms with Gasteiger partial charge in [-0.15, -0.1) is 0 Å². The predicted octanol–water partition coefficient (Wildman–Crippen LogP) is 3.60. The normalized spacial score (nSPS) is 18.1. The van der Waals surface area contributed by atoms with Gasteiger partial charge in [-0.05, 0) is 55.9 Å². The molecule has 0 aliphatic carbocycles. The van der Waals surface area contributed by atoms with E-state index >= 15 is 0 Å². The van der Waals surface area contributed by atoms with Gasteiger partial charge in [0.2, 0.25) is 0 Å². The number of anilines is 3. The van der Waals surface area contributed by atoms with Crippen molar-refractivity contribution >= 4 is 28.7 Å². The van der Waals surface area contributed by atoms with E-state index in [1.54, 1.807) is 0 Å². The highest BCUT2D eigenvalue weighted by molar-refractivity contribution is 6.30. The van der Waals surface area contributed by atoms with Crippen molar-refractivity contribution in [2.45, 2.75) is 6.92 Å². The topological polar surface area (TPSA) is 36.8 Å². The molecule has 0 saturated carbocycles. The van der Waals surface area contributed by atoms with Gasteiger partial charge in [0.05, 0.1) is 11.3 Å². The molecule has 2 aromatic rings. The van der Waals surface area contributed by atoms with E-state index in [0.29, 0.717) is 0 Å². The molecule has 2 fully saturated rings. The number of nitriles is 1. The fraction of sp³-hybridized carbons (Fsp3) is 0.435. The molecule has 2 heterocycles. The molecule has 0 radical (unpaired) electrons. The third-order valence-electron chi connectivity index (χ3n) is 6.15. The van der Waals surface area contributed by atoms with Crippen LogP contribution in [0.2, 0.25) is 5.02 Å². The number of halogens is 1. The Labute approximate surface area is 178 Å². The van der Waals surface area contributed by atoms with Crippen LogP contribution in [0.1, 0.15) is 11.1 Å². The number of likely N-dealkylation sites (N-methyl/N-ethyl adjacent to an activating group) is 1. The smallest absolute Gasteiger partial charge is 0.101 e. The molecule has 0 bridgehead atoms. The highest BCUT2D eigenvalue weighted by atomic mass is 35.5. The lowest BCUT2D eigenvalue weighted by molar-refractivity contribution is 0.312. The van der Waals surface area contributed by atoms with Gasteiger partial charge in [0.1, 0.15) is 6.07 Å². The number of hydrogen-bond donors (Lipinski definition) is 0. The zero-order valence-corrected chi connectivity index (χ0v) is 18.0. The number of rotatable bonds is 3. The Kier molecular flexibility index (Phi) is 5.84. The zero-order valence-electron chi connectivity index (χ0n) is 17.2. The van der Waals surface area contributed by atoms with Gasteiger partial charge in [-0.2, -0.15) is 5.26 Å². The van der Waals surface area contributed by atoms with Gasteiger partial charge in [-0.3, -0.25) is 0 Å². The molecular weight excluding hydrogens is 382 g/mol. The zero-order chi connectivity index (χ0) is 20.4. The second-order valence-corrected chi connectivity index (χ2v) is 8.39. The molecule has 2 saturated heterocycles. The van der Waals surface area contributed by atoms with Crippen molar-refractivity contribution in [1.29, 1.82) is 5.26 Å². The van der Waals surface area contributed by atoms with Gasteiger partial charge < -0.3 is 19.6 Å². The van der Waals surface area contributed by atoms with Gasteiger partial charge in [0.25, 0.3) is 0 Å². The fourth-order valence-corrected chi connectivity index (χ4v) is 4.54. The summed E-state index contributed by atoms with van der Waals surface area (Å²) in [5, 5.41) is 10.5. The SMILES string of the molecule is Cc1c(N2CCN(C)CC2)ccc(C#N)c1N1CCN(c2ccc(Cl)cc2)CC1. The summed E-state index contributed by atoms with van der Waals surface area (Å²) in [6.07, 6.45) is 0. The average molecular weight is 410 g/mol. The van der Waals surface area contributed by atoms with Crippen molar-refractivity contribution in [2.75, 3.05) is 74.1 Å². The number of nitrogens with zero attached hydrogens (tertiary/aromatic N) is 5. The summed E-state index contributed by atoms with van der Waals surface area (Å²) >= 11 is 6.03. The van der Waals surface area contributed by atoms with Gasteiger partial charge in [-0.1, -0.05) is 11.6 Å². The molecule has 4 rings (SSSR count). The van der Waals surface area contributed by atoms with Crippen molar-refractivity contribution in [3.8, 4) is 6.07 Å². The summed E-state index contributed by atoms with van der Waals surface area (Å²) < 4.78 is 0. The van der Waals surface area contributed by atoms with Gasteiger partial charge >= 0.3 is 0 Å². The quantitative estimate of drug-likeness (QED) is 0.774. The first-order valence-corrected chi connectivity index (χ1v) is 10.7. The monoisotopic (exact) mass is 409 g/mol. The molecule has 29 heavy (non-hydrogen) atoms. The van der Waals surface area contributed by atoms with Crippen molar-refractivity contribution < 1.29 is 0 Å². The number of hydrogen-bond acceptors (Lipinski definition) is 5. The Morgan fingerprint density at radius 3 is 2.00 bits per heavy atom. The van der Waals surface area contributed by atoms with Crippen LogP contribution in [0.25, 0.3) is 0 Å². The number of piperazine rings is 2. The van der Waals surface area contributed by atoms with Crippen LogP contribution in [-0.4, -0.2) is 64.3 Å². The number of benzene rings is 2. The standard InChI is InChI=1S/C23H28ClN5/c1-18-22(28-11-9-26(2)10-12-28)8-3-19(17-25)23(18)29-15-13-27(14-16-29)21-6-4-20(24)5-7-21/h3-8H,9-16H2,1-2H3. The van der Waals surface area contributed by atoms with E-state index in [1.807, 2.05) is 18.2 Å². The summed E-state index contributed by atoms with van der Waals surface area (Å²) in [4.78, 5) is 9.61. The third-order valence-corrected chi connectivity index (χ3v) is 6.41. The molecule has 0 unspecified atom stereocenters. The molecule has 5 nitrogen and oxygen atoms in total. The second-order valence-electron chi connectivity index (χ2n) is 7.96. The minimum Gasteiger partial charge on any atom is -0.369 e. The molecular formula is C23H28ClN5. The minimum absolute atomic E-state index is 0.766. The van der Waals surface area contributed by atoms with E-state index < -0.39 is 0 Å². The Morgan fingerprint density at radius 1 is 0.793 bits per heavy atom. The summed E-state index contributed by atoms with van der Waals surface area (Å²) in [7, 11) is 2.18. The van der Waals surface area contributed by atoms with E-state index in [0.717, 1.165) is 68.6 Å².